The number of hydrogen-bond donors (Lipinski definition) is 3. The van der Waals surface area contributed by atoms with E-state index in [9.17, 15) is 0 Å². The summed E-state index contributed by atoms with van der Waals surface area (Å²) in [4.78, 5) is 0. The maximum absolute atomic E-state index is 8.49. The minimum absolute atomic E-state index is 0.0833. The average Bonchev–Trinajstić information content (AvgIpc) is 2.14. The van der Waals surface area contributed by atoms with Crippen LogP contribution in [0.5, 0.6) is 0 Å². The van der Waals surface area contributed by atoms with Gasteiger partial charge in [0.1, 0.15) is 0 Å². The van der Waals surface area contributed by atoms with Crippen LogP contribution < -0.4 is 5.32 Å². The van der Waals surface area contributed by atoms with E-state index in [1.54, 1.807) is 0 Å². The van der Waals surface area contributed by atoms with Crippen LogP contribution in [0.3, 0.4) is 0 Å². The summed E-state index contributed by atoms with van der Waals surface area (Å²) in [5, 5.41) is 11.6. The predicted molar refractivity (Wildman–Crippen MR) is 36.1 cm³/mol. The molecule has 0 spiro atoms. The lowest BCUT2D eigenvalue weighted by atomic mass is 10.3. The third kappa shape index (κ3) is 0.980. The summed E-state index contributed by atoms with van der Waals surface area (Å²) in [5.74, 6) is 0. The van der Waals surface area contributed by atoms with Crippen molar-refractivity contribution in [1.82, 2.24) is 5.32 Å². The summed E-state index contributed by atoms with van der Waals surface area (Å²) in [6.07, 6.45) is 2.06. The molecule has 0 amide bonds. The van der Waals surface area contributed by atoms with Gasteiger partial charge in [-0.15, -0.1) is 0 Å². The molecule has 0 saturated carbocycles. The Morgan fingerprint density at radius 1 is 1.88 bits per heavy atom. The van der Waals surface area contributed by atoms with Gasteiger partial charge in [0.2, 0.25) is 0 Å². The molecule has 0 aliphatic carbocycles. The zero-order valence-corrected chi connectivity index (χ0v) is 5.36. The molecule has 0 radical (unpaired) electrons. The number of thiol groups is 1. The van der Waals surface area contributed by atoms with Gasteiger partial charge < -0.3 is 10.4 Å². The Morgan fingerprint density at radius 2 is 2.62 bits per heavy atom. The van der Waals surface area contributed by atoms with E-state index in [1.807, 2.05) is 0 Å². The van der Waals surface area contributed by atoms with Gasteiger partial charge in [0.25, 0.3) is 0 Å². The Hall–Kier alpha value is -0.150. The number of aliphatic hydroxyl groups excluding tert-OH is 1. The zero-order chi connectivity index (χ0) is 5.98. The number of aliphatic hydroxyl groups is 1. The standard InChI is InChI=1S/C5H9NOS/c7-3-4-1-2-6-5(4)8/h3,5-8H,1-2H2. The first-order valence-electron chi connectivity index (χ1n) is 2.59. The lowest BCUT2D eigenvalue weighted by Crippen LogP contribution is -2.15. The normalized spacial score (nSPS) is 34.1. The highest BCUT2D eigenvalue weighted by atomic mass is 32.1. The van der Waals surface area contributed by atoms with Gasteiger partial charge in [0.15, 0.2) is 0 Å². The fraction of sp³-hybridized carbons (Fsp3) is 0.600. The minimum Gasteiger partial charge on any atom is -0.516 e. The fourth-order valence-electron chi connectivity index (χ4n) is 0.756. The molecule has 1 aliphatic heterocycles. The van der Waals surface area contributed by atoms with Crippen LogP contribution >= 0.6 is 12.6 Å². The first-order valence-corrected chi connectivity index (χ1v) is 3.11. The maximum atomic E-state index is 8.49. The van der Waals surface area contributed by atoms with Gasteiger partial charge in [-0.2, -0.15) is 12.6 Å². The molecule has 1 atom stereocenters. The third-order valence-electron chi connectivity index (χ3n) is 1.27. The van der Waals surface area contributed by atoms with Gasteiger partial charge in [-0.25, -0.2) is 0 Å². The molecule has 2 nitrogen and oxygen atoms in total. The molecule has 1 rings (SSSR count). The molecule has 1 aliphatic rings. The van der Waals surface area contributed by atoms with E-state index in [1.165, 1.54) is 0 Å². The molecule has 0 aromatic heterocycles. The second-order valence-corrected chi connectivity index (χ2v) is 2.33. The van der Waals surface area contributed by atoms with Crippen molar-refractivity contribution in [3.05, 3.63) is 11.8 Å². The summed E-state index contributed by atoms with van der Waals surface area (Å²) >= 11 is 4.13. The van der Waals surface area contributed by atoms with E-state index < -0.39 is 0 Å². The molecule has 8 heavy (non-hydrogen) atoms. The first kappa shape index (κ1) is 5.98. The molecule has 2 N–H and O–H groups in total. The highest BCUT2D eigenvalue weighted by molar-refractivity contribution is 7.81. The summed E-state index contributed by atoms with van der Waals surface area (Å²) in [6, 6.07) is 0. The monoisotopic (exact) mass is 131 g/mol. The van der Waals surface area contributed by atoms with E-state index in [-0.39, 0.29) is 5.37 Å². The van der Waals surface area contributed by atoms with E-state index in [2.05, 4.69) is 17.9 Å². The van der Waals surface area contributed by atoms with Gasteiger partial charge in [-0.3, -0.25) is 0 Å². The molecule has 0 bridgehead atoms. The Kier molecular flexibility index (Phi) is 1.81. The zero-order valence-electron chi connectivity index (χ0n) is 4.46. The summed E-state index contributed by atoms with van der Waals surface area (Å²) in [7, 11) is 0. The van der Waals surface area contributed by atoms with Crippen molar-refractivity contribution in [3.63, 3.8) is 0 Å². The molecule has 0 aromatic rings. The molecule has 46 valence electrons. The highest BCUT2D eigenvalue weighted by Gasteiger charge is 2.14. The van der Waals surface area contributed by atoms with Gasteiger partial charge in [0.05, 0.1) is 11.6 Å². The fourth-order valence-corrected chi connectivity index (χ4v) is 1.08. The molecule has 3 heteroatoms. The Labute approximate surface area is 54.0 Å². The van der Waals surface area contributed by atoms with Crippen molar-refractivity contribution in [2.75, 3.05) is 6.54 Å². The van der Waals surface area contributed by atoms with Crippen molar-refractivity contribution < 1.29 is 5.11 Å². The minimum atomic E-state index is 0.0833. The van der Waals surface area contributed by atoms with Crippen molar-refractivity contribution >= 4 is 12.6 Å². The van der Waals surface area contributed by atoms with Crippen molar-refractivity contribution in [1.29, 1.82) is 0 Å². The quantitative estimate of drug-likeness (QED) is 0.333. The number of nitrogens with one attached hydrogen (secondary N) is 1. The third-order valence-corrected chi connectivity index (χ3v) is 1.78. The van der Waals surface area contributed by atoms with Crippen LogP contribution in [0.25, 0.3) is 0 Å². The number of hydrogen-bond acceptors (Lipinski definition) is 3. The largest absolute Gasteiger partial charge is 0.516 e. The van der Waals surface area contributed by atoms with Crippen molar-refractivity contribution in [2.24, 2.45) is 0 Å². The maximum Gasteiger partial charge on any atom is 0.0808 e. The van der Waals surface area contributed by atoms with Crippen LogP contribution in [0.15, 0.2) is 11.8 Å². The Morgan fingerprint density at radius 3 is 2.88 bits per heavy atom. The van der Waals surface area contributed by atoms with Crippen LogP contribution in [-0.4, -0.2) is 17.0 Å². The molecule has 0 aromatic carbocycles. The summed E-state index contributed by atoms with van der Waals surface area (Å²) in [6.45, 7) is 0.931. The molecule has 1 saturated heterocycles. The molecule has 1 heterocycles. The lowest BCUT2D eigenvalue weighted by molar-refractivity contribution is 0.465. The van der Waals surface area contributed by atoms with Crippen molar-refractivity contribution in [2.45, 2.75) is 11.8 Å². The summed E-state index contributed by atoms with van der Waals surface area (Å²) in [5.41, 5.74) is 0.980. The molecule has 1 fully saturated rings. The molecular formula is C5H9NOS. The first-order chi connectivity index (χ1) is 3.84. The Bertz CT molecular complexity index is 113. The average molecular weight is 131 g/mol. The van der Waals surface area contributed by atoms with Gasteiger partial charge in [0, 0.05) is 6.54 Å². The van der Waals surface area contributed by atoms with Crippen LogP contribution in [0.4, 0.5) is 0 Å². The van der Waals surface area contributed by atoms with Crippen LogP contribution in [0.2, 0.25) is 0 Å². The Balaban J connectivity index is 2.55. The van der Waals surface area contributed by atoms with Gasteiger partial charge >= 0.3 is 0 Å². The van der Waals surface area contributed by atoms with Gasteiger partial charge in [-0.05, 0) is 12.0 Å². The second kappa shape index (κ2) is 2.42. The predicted octanol–water partition coefficient (Wildman–Crippen LogP) is 0.677. The van der Waals surface area contributed by atoms with Crippen LogP contribution in [0, 0.1) is 0 Å². The van der Waals surface area contributed by atoms with E-state index in [4.69, 9.17) is 5.11 Å². The molecule has 1 unspecified atom stereocenters. The van der Waals surface area contributed by atoms with Crippen molar-refractivity contribution in [3.8, 4) is 0 Å². The van der Waals surface area contributed by atoms with Crippen LogP contribution in [0.1, 0.15) is 6.42 Å². The van der Waals surface area contributed by atoms with Gasteiger partial charge in [-0.1, -0.05) is 0 Å². The SMILES string of the molecule is OC=C1CCNC1S. The van der Waals surface area contributed by atoms with Crippen LogP contribution in [-0.2, 0) is 0 Å². The van der Waals surface area contributed by atoms with E-state index in [0.717, 1.165) is 24.8 Å². The van der Waals surface area contributed by atoms with E-state index >= 15 is 0 Å². The van der Waals surface area contributed by atoms with E-state index in [0.29, 0.717) is 0 Å². The summed E-state index contributed by atoms with van der Waals surface area (Å²) < 4.78 is 0. The lowest BCUT2D eigenvalue weighted by Gasteiger charge is -1.99. The second-order valence-electron chi connectivity index (χ2n) is 1.81. The topological polar surface area (TPSA) is 32.3 Å². The highest BCUT2D eigenvalue weighted by Crippen LogP contribution is 2.15. The molecular weight excluding hydrogens is 122 g/mol. The number of rotatable bonds is 0. The smallest absolute Gasteiger partial charge is 0.0808 e.